The number of carbonyl (C=O) groups is 4. The second kappa shape index (κ2) is 9.15. The van der Waals surface area contributed by atoms with Gasteiger partial charge in [0.2, 0.25) is 0 Å². The largest absolute Gasteiger partial charge is 0.456 e. The first-order valence-corrected chi connectivity index (χ1v) is 10.5. The zero-order valence-corrected chi connectivity index (χ0v) is 17.6. The third-order valence-electron chi connectivity index (χ3n) is 4.85. The molecule has 0 aliphatic carbocycles. The van der Waals surface area contributed by atoms with E-state index < -0.39 is 60.1 Å². The van der Waals surface area contributed by atoms with Crippen LogP contribution in [0.25, 0.3) is 0 Å². The molecule has 1 aromatic carbocycles. The number of hydrogen-bond donors (Lipinski definition) is 1. The summed E-state index contributed by atoms with van der Waals surface area (Å²) in [5.74, 6) is -1.90. The van der Waals surface area contributed by atoms with Crippen LogP contribution in [-0.2, 0) is 23.8 Å². The molecule has 2 aliphatic rings. The molecule has 1 saturated heterocycles. The summed E-state index contributed by atoms with van der Waals surface area (Å²) in [6, 6.07) is 5.33. The third-order valence-corrected chi connectivity index (χ3v) is 5.91. The fraction of sp³-hybridized carbons (Fsp3) is 0.500. The first kappa shape index (κ1) is 22.3. The summed E-state index contributed by atoms with van der Waals surface area (Å²) in [5.41, 5.74) is -0.333. The Morgan fingerprint density at radius 1 is 1.07 bits per heavy atom. The highest BCUT2D eigenvalue weighted by Gasteiger charge is 2.56. The second-order valence-corrected chi connectivity index (χ2v) is 8.22. The molecule has 0 spiro atoms. The molecule has 5 atom stereocenters. The fourth-order valence-electron chi connectivity index (χ4n) is 3.75. The summed E-state index contributed by atoms with van der Waals surface area (Å²) >= 11 is 1.29. The van der Waals surface area contributed by atoms with Crippen LogP contribution < -0.4 is 0 Å². The van der Waals surface area contributed by atoms with Crippen molar-refractivity contribution in [1.82, 2.24) is 4.90 Å². The quantitative estimate of drug-likeness (QED) is 0.513. The van der Waals surface area contributed by atoms with Gasteiger partial charge in [0.1, 0.15) is 17.6 Å². The number of nitrogens with zero attached hydrogens (tertiary/aromatic N) is 1. The number of hydrogen-bond acceptors (Lipinski definition) is 9. The van der Waals surface area contributed by atoms with Gasteiger partial charge in [-0.15, -0.1) is 11.8 Å². The maximum atomic E-state index is 13.1. The molecule has 162 valence electrons. The molecule has 1 N–H and O–H groups in total. The molecule has 0 bridgehead atoms. The monoisotopic (exact) mass is 437 g/mol. The molecule has 2 amide bonds. The molecular weight excluding hydrogens is 414 g/mol. The van der Waals surface area contributed by atoms with Crippen LogP contribution in [0.15, 0.2) is 24.3 Å². The van der Waals surface area contributed by atoms with Crippen LogP contribution in [0.4, 0.5) is 0 Å². The van der Waals surface area contributed by atoms with Gasteiger partial charge in [0.15, 0.2) is 12.2 Å². The SMILES string of the molecule is CCS[C@@H]1O[C@H](CO)[C@@H](OC(C)=O)[C@H](OC(C)=O)[C@@H]1N1C(=O)c2ccccc2C1=O. The van der Waals surface area contributed by atoms with Crippen molar-refractivity contribution in [3.05, 3.63) is 35.4 Å². The van der Waals surface area contributed by atoms with E-state index in [1.54, 1.807) is 24.3 Å². The number of carbonyl (C=O) groups excluding carboxylic acids is 4. The lowest BCUT2D eigenvalue weighted by atomic mass is 9.96. The van der Waals surface area contributed by atoms with E-state index in [-0.39, 0.29) is 11.1 Å². The standard InChI is InChI=1S/C20H23NO8S/c1-4-30-20-15(21-18(25)12-7-5-6-8-13(12)19(21)26)17(28-11(3)24)16(27-10(2)23)14(9-22)29-20/h5-8,14-17,20,22H,4,9H2,1-3H3/t14-,15+,16-,17-,20+/m1/s1. The minimum Gasteiger partial charge on any atom is -0.456 e. The van der Waals surface area contributed by atoms with Crippen molar-refractivity contribution < 1.29 is 38.5 Å². The molecular formula is C20H23NO8S. The highest BCUT2D eigenvalue weighted by Crippen LogP contribution is 2.38. The molecule has 10 heteroatoms. The number of ether oxygens (including phenoxy) is 3. The van der Waals surface area contributed by atoms with Crippen LogP contribution in [0.3, 0.4) is 0 Å². The van der Waals surface area contributed by atoms with Gasteiger partial charge in [-0.1, -0.05) is 19.1 Å². The van der Waals surface area contributed by atoms with Crippen molar-refractivity contribution in [3.8, 4) is 0 Å². The molecule has 0 aromatic heterocycles. The zero-order valence-electron chi connectivity index (χ0n) is 16.8. The minimum absolute atomic E-state index is 0.234. The summed E-state index contributed by atoms with van der Waals surface area (Å²) in [6.45, 7) is 3.70. The summed E-state index contributed by atoms with van der Waals surface area (Å²) in [7, 11) is 0. The highest BCUT2D eigenvalue weighted by atomic mass is 32.2. The molecule has 1 fully saturated rings. The maximum absolute atomic E-state index is 13.1. The van der Waals surface area contributed by atoms with Gasteiger partial charge in [0.25, 0.3) is 11.8 Å². The lowest BCUT2D eigenvalue weighted by Gasteiger charge is -2.47. The number of esters is 2. The summed E-state index contributed by atoms with van der Waals surface area (Å²) in [5, 5.41) is 9.80. The van der Waals surface area contributed by atoms with Crippen LogP contribution in [0.2, 0.25) is 0 Å². The Kier molecular flexibility index (Phi) is 6.79. The van der Waals surface area contributed by atoms with Crippen LogP contribution in [-0.4, -0.2) is 75.9 Å². The Morgan fingerprint density at radius 3 is 2.07 bits per heavy atom. The van der Waals surface area contributed by atoms with Crippen molar-refractivity contribution >= 4 is 35.5 Å². The van der Waals surface area contributed by atoms with E-state index in [9.17, 15) is 24.3 Å². The fourth-order valence-corrected chi connectivity index (χ4v) is 4.77. The van der Waals surface area contributed by atoms with Gasteiger partial charge >= 0.3 is 11.9 Å². The van der Waals surface area contributed by atoms with Crippen molar-refractivity contribution in [2.75, 3.05) is 12.4 Å². The molecule has 0 unspecified atom stereocenters. The Bertz CT molecular complexity index is 824. The van der Waals surface area contributed by atoms with Crippen molar-refractivity contribution in [2.45, 2.75) is 50.6 Å². The average molecular weight is 437 g/mol. The lowest BCUT2D eigenvalue weighted by Crippen LogP contribution is -2.66. The molecule has 3 rings (SSSR count). The number of fused-ring (bicyclic) bond motifs is 1. The van der Waals surface area contributed by atoms with Gasteiger partial charge in [-0.3, -0.25) is 24.1 Å². The van der Waals surface area contributed by atoms with Crippen LogP contribution in [0.5, 0.6) is 0 Å². The van der Waals surface area contributed by atoms with Crippen LogP contribution in [0, 0.1) is 0 Å². The number of thioether (sulfide) groups is 1. The van der Waals surface area contributed by atoms with E-state index in [0.29, 0.717) is 5.75 Å². The van der Waals surface area contributed by atoms with E-state index in [4.69, 9.17) is 14.2 Å². The first-order valence-electron chi connectivity index (χ1n) is 9.49. The molecule has 2 heterocycles. The van der Waals surface area contributed by atoms with Crippen molar-refractivity contribution in [3.63, 3.8) is 0 Å². The van der Waals surface area contributed by atoms with Gasteiger partial charge < -0.3 is 19.3 Å². The summed E-state index contributed by atoms with van der Waals surface area (Å²) in [4.78, 5) is 50.8. The van der Waals surface area contributed by atoms with E-state index >= 15 is 0 Å². The van der Waals surface area contributed by atoms with Gasteiger partial charge in [-0.2, -0.15) is 0 Å². The van der Waals surface area contributed by atoms with E-state index in [1.165, 1.54) is 25.6 Å². The summed E-state index contributed by atoms with van der Waals surface area (Å²) in [6.07, 6.45) is -3.39. The Hall–Kier alpha value is -2.43. The van der Waals surface area contributed by atoms with Gasteiger partial charge in [0, 0.05) is 13.8 Å². The molecule has 0 radical (unpaired) electrons. The molecule has 9 nitrogen and oxygen atoms in total. The van der Waals surface area contributed by atoms with Crippen molar-refractivity contribution in [2.24, 2.45) is 0 Å². The van der Waals surface area contributed by atoms with Gasteiger partial charge in [0.05, 0.1) is 17.7 Å². The topological polar surface area (TPSA) is 119 Å². The number of rotatable bonds is 6. The van der Waals surface area contributed by atoms with Gasteiger partial charge in [-0.05, 0) is 17.9 Å². The molecule has 2 aliphatic heterocycles. The maximum Gasteiger partial charge on any atom is 0.303 e. The van der Waals surface area contributed by atoms with E-state index in [0.717, 1.165) is 4.90 Å². The predicted molar refractivity (Wildman–Crippen MR) is 106 cm³/mol. The van der Waals surface area contributed by atoms with Gasteiger partial charge in [-0.25, -0.2) is 0 Å². The van der Waals surface area contributed by atoms with E-state index in [2.05, 4.69) is 0 Å². The van der Waals surface area contributed by atoms with Crippen LogP contribution >= 0.6 is 11.8 Å². The molecule has 30 heavy (non-hydrogen) atoms. The number of benzene rings is 1. The Balaban J connectivity index is 2.08. The average Bonchev–Trinajstić information content (AvgIpc) is 2.94. The third kappa shape index (κ3) is 4.07. The van der Waals surface area contributed by atoms with Crippen molar-refractivity contribution in [1.29, 1.82) is 0 Å². The number of amides is 2. The summed E-state index contributed by atoms with van der Waals surface area (Å²) < 4.78 is 16.7. The highest BCUT2D eigenvalue weighted by molar-refractivity contribution is 7.99. The lowest BCUT2D eigenvalue weighted by molar-refractivity contribution is -0.214. The number of aliphatic hydroxyl groups is 1. The van der Waals surface area contributed by atoms with E-state index in [1.807, 2.05) is 6.92 Å². The zero-order chi connectivity index (χ0) is 22.0. The minimum atomic E-state index is -1.21. The Morgan fingerprint density at radius 2 is 1.60 bits per heavy atom. The Labute approximate surface area is 177 Å². The number of aliphatic hydroxyl groups excluding tert-OH is 1. The molecule has 0 saturated carbocycles. The molecule has 1 aromatic rings. The first-order chi connectivity index (χ1) is 14.3. The normalized spacial score (nSPS) is 28.3. The second-order valence-electron chi connectivity index (χ2n) is 6.85. The predicted octanol–water partition coefficient (Wildman–Crippen LogP) is 0.985. The van der Waals surface area contributed by atoms with Crippen LogP contribution in [0.1, 0.15) is 41.5 Å². The smallest absolute Gasteiger partial charge is 0.303 e. The number of imide groups is 1.